The molecule has 1 saturated carbocycles. The van der Waals surface area contributed by atoms with Crippen molar-refractivity contribution in [3.63, 3.8) is 0 Å². The number of hydrogen-bond acceptors (Lipinski definition) is 3. The van der Waals surface area contributed by atoms with Crippen molar-refractivity contribution in [1.82, 2.24) is 4.90 Å². The van der Waals surface area contributed by atoms with Gasteiger partial charge in [-0.15, -0.1) is 11.3 Å². The van der Waals surface area contributed by atoms with Crippen LogP contribution in [0.2, 0.25) is 4.34 Å². The van der Waals surface area contributed by atoms with E-state index in [4.69, 9.17) is 17.3 Å². The van der Waals surface area contributed by atoms with E-state index < -0.39 is 0 Å². The first-order chi connectivity index (χ1) is 8.61. The molecule has 1 aromatic rings. The Morgan fingerprint density at radius 3 is 2.67 bits per heavy atom. The molecule has 0 saturated heterocycles. The highest BCUT2D eigenvalue weighted by molar-refractivity contribution is 7.16. The molecule has 0 spiro atoms. The van der Waals surface area contributed by atoms with E-state index in [2.05, 4.69) is 24.9 Å². The predicted molar refractivity (Wildman–Crippen MR) is 80.3 cm³/mol. The van der Waals surface area contributed by atoms with Crippen LogP contribution in [0.25, 0.3) is 0 Å². The Balaban J connectivity index is 2.08. The zero-order chi connectivity index (χ0) is 13.1. The lowest BCUT2D eigenvalue weighted by Crippen LogP contribution is -2.41. The maximum absolute atomic E-state index is 6.32. The molecule has 1 aliphatic rings. The number of nitrogens with zero attached hydrogens (tertiary/aromatic N) is 1. The van der Waals surface area contributed by atoms with Crippen molar-refractivity contribution in [3.8, 4) is 0 Å². The van der Waals surface area contributed by atoms with Gasteiger partial charge < -0.3 is 5.73 Å². The number of rotatable bonds is 6. The molecule has 2 atom stereocenters. The van der Waals surface area contributed by atoms with Gasteiger partial charge in [0.25, 0.3) is 0 Å². The summed E-state index contributed by atoms with van der Waals surface area (Å²) in [5.74, 6) is 0.872. The first-order valence-corrected chi connectivity index (χ1v) is 8.02. The van der Waals surface area contributed by atoms with Gasteiger partial charge in [-0.05, 0) is 44.4 Å². The molecule has 2 N–H and O–H groups in total. The van der Waals surface area contributed by atoms with Crippen LogP contribution in [0.15, 0.2) is 12.1 Å². The molecule has 1 aromatic heterocycles. The van der Waals surface area contributed by atoms with E-state index in [-0.39, 0.29) is 6.04 Å². The van der Waals surface area contributed by atoms with E-state index in [0.29, 0.717) is 6.04 Å². The molecule has 0 radical (unpaired) electrons. The Morgan fingerprint density at radius 1 is 1.50 bits per heavy atom. The Labute approximate surface area is 119 Å². The maximum Gasteiger partial charge on any atom is 0.0931 e. The molecule has 18 heavy (non-hydrogen) atoms. The minimum atomic E-state index is 0.185. The Bertz CT molecular complexity index is 376. The lowest BCUT2D eigenvalue weighted by atomic mass is 9.84. The van der Waals surface area contributed by atoms with Crippen LogP contribution in [0.3, 0.4) is 0 Å². The van der Waals surface area contributed by atoms with E-state index >= 15 is 0 Å². The third kappa shape index (κ3) is 3.27. The molecule has 2 rings (SSSR count). The normalized spacial score (nSPS) is 19.8. The summed E-state index contributed by atoms with van der Waals surface area (Å²) in [5.41, 5.74) is 6.32. The second kappa shape index (κ2) is 6.38. The fraction of sp³-hybridized carbons (Fsp3) is 0.714. The summed E-state index contributed by atoms with van der Waals surface area (Å²) in [7, 11) is 2.20. The van der Waals surface area contributed by atoms with Gasteiger partial charge in [-0.3, -0.25) is 4.90 Å². The van der Waals surface area contributed by atoms with Gasteiger partial charge in [-0.25, -0.2) is 0 Å². The first kappa shape index (κ1) is 14.3. The van der Waals surface area contributed by atoms with E-state index in [1.54, 1.807) is 11.3 Å². The highest BCUT2D eigenvalue weighted by Crippen LogP contribution is 2.35. The number of likely N-dealkylation sites (N-methyl/N-ethyl adjacent to an activating group) is 1. The maximum atomic E-state index is 6.32. The highest BCUT2D eigenvalue weighted by Gasteiger charge is 2.28. The molecular formula is C14H23ClN2S. The molecule has 4 heteroatoms. The van der Waals surface area contributed by atoms with Crippen LogP contribution in [0.5, 0.6) is 0 Å². The van der Waals surface area contributed by atoms with Gasteiger partial charge in [0.1, 0.15) is 0 Å². The van der Waals surface area contributed by atoms with Crippen LogP contribution < -0.4 is 5.73 Å². The molecule has 0 amide bonds. The van der Waals surface area contributed by atoms with Crippen molar-refractivity contribution in [2.24, 2.45) is 11.7 Å². The molecule has 0 bridgehead atoms. The van der Waals surface area contributed by atoms with Crippen molar-refractivity contribution >= 4 is 22.9 Å². The van der Waals surface area contributed by atoms with Crippen LogP contribution >= 0.6 is 22.9 Å². The fourth-order valence-corrected chi connectivity index (χ4v) is 3.96. The predicted octanol–water partition coefficient (Wildman–Crippen LogP) is 3.91. The summed E-state index contributed by atoms with van der Waals surface area (Å²) in [5, 5.41) is 0. The summed E-state index contributed by atoms with van der Waals surface area (Å²) in [6.45, 7) is 3.32. The van der Waals surface area contributed by atoms with E-state index in [0.717, 1.165) is 23.2 Å². The number of thiophene rings is 1. The quantitative estimate of drug-likeness (QED) is 0.859. The summed E-state index contributed by atoms with van der Waals surface area (Å²) >= 11 is 7.72. The summed E-state index contributed by atoms with van der Waals surface area (Å²) in [4.78, 5) is 3.73. The van der Waals surface area contributed by atoms with Crippen molar-refractivity contribution in [2.45, 2.75) is 44.7 Å². The van der Waals surface area contributed by atoms with Crippen molar-refractivity contribution in [3.05, 3.63) is 21.3 Å². The average Bonchev–Trinajstić information content (AvgIpc) is 2.70. The molecule has 102 valence electrons. The zero-order valence-electron chi connectivity index (χ0n) is 11.2. The fourth-order valence-electron chi connectivity index (χ4n) is 2.66. The topological polar surface area (TPSA) is 29.3 Å². The molecule has 0 aliphatic heterocycles. The standard InChI is InChI=1S/C14H23ClN2S/c1-3-11(16)14(12-7-8-13(15)18-12)17(2)9-10-5-4-6-10/h7-8,10-11,14H,3-6,9,16H2,1-2H3. The van der Waals surface area contributed by atoms with Crippen molar-refractivity contribution in [1.29, 1.82) is 0 Å². The lowest BCUT2D eigenvalue weighted by Gasteiger charge is -2.36. The van der Waals surface area contributed by atoms with Crippen LogP contribution in [0.1, 0.15) is 43.5 Å². The Kier molecular flexibility index (Phi) is 5.07. The summed E-state index contributed by atoms with van der Waals surface area (Å²) in [6, 6.07) is 4.61. The molecule has 0 aromatic carbocycles. The molecule has 1 heterocycles. The Morgan fingerprint density at radius 2 is 2.22 bits per heavy atom. The van der Waals surface area contributed by atoms with Gasteiger partial charge in [-0.2, -0.15) is 0 Å². The van der Waals surface area contributed by atoms with E-state index in [9.17, 15) is 0 Å². The smallest absolute Gasteiger partial charge is 0.0931 e. The monoisotopic (exact) mass is 286 g/mol. The van der Waals surface area contributed by atoms with Crippen LogP contribution in [-0.2, 0) is 0 Å². The average molecular weight is 287 g/mol. The first-order valence-electron chi connectivity index (χ1n) is 6.82. The molecule has 2 unspecified atom stereocenters. The molecule has 2 nitrogen and oxygen atoms in total. The third-order valence-electron chi connectivity index (χ3n) is 4.01. The molecule has 1 aliphatic carbocycles. The van der Waals surface area contributed by atoms with Crippen molar-refractivity contribution in [2.75, 3.05) is 13.6 Å². The minimum Gasteiger partial charge on any atom is -0.326 e. The number of halogens is 1. The van der Waals surface area contributed by atoms with Crippen LogP contribution in [0, 0.1) is 5.92 Å². The Hall–Kier alpha value is -0.0900. The zero-order valence-corrected chi connectivity index (χ0v) is 12.8. The van der Waals surface area contributed by atoms with E-state index in [1.807, 2.05) is 6.07 Å². The molecule has 1 fully saturated rings. The number of hydrogen-bond donors (Lipinski definition) is 1. The second-order valence-corrected chi connectivity index (χ2v) is 7.14. The van der Waals surface area contributed by atoms with Gasteiger partial charge >= 0.3 is 0 Å². The van der Waals surface area contributed by atoms with Gasteiger partial charge in [0.05, 0.1) is 10.4 Å². The third-order valence-corrected chi connectivity index (χ3v) is 5.31. The van der Waals surface area contributed by atoms with Gasteiger partial charge in [0.15, 0.2) is 0 Å². The summed E-state index contributed by atoms with van der Waals surface area (Å²) in [6.07, 6.45) is 5.15. The van der Waals surface area contributed by atoms with Crippen molar-refractivity contribution < 1.29 is 0 Å². The van der Waals surface area contributed by atoms with Gasteiger partial charge in [0.2, 0.25) is 0 Å². The molecular weight excluding hydrogens is 264 g/mol. The second-order valence-electron chi connectivity index (χ2n) is 5.40. The van der Waals surface area contributed by atoms with Gasteiger partial charge in [-0.1, -0.05) is 24.9 Å². The van der Waals surface area contributed by atoms with Crippen LogP contribution in [0.4, 0.5) is 0 Å². The summed E-state index contributed by atoms with van der Waals surface area (Å²) < 4.78 is 0.857. The lowest BCUT2D eigenvalue weighted by molar-refractivity contribution is 0.146. The minimum absolute atomic E-state index is 0.185. The largest absolute Gasteiger partial charge is 0.326 e. The number of nitrogens with two attached hydrogens (primary N) is 1. The van der Waals surface area contributed by atoms with E-state index in [1.165, 1.54) is 24.1 Å². The SMILES string of the molecule is CCC(N)C(c1ccc(Cl)s1)N(C)CC1CCC1. The van der Waals surface area contributed by atoms with Gasteiger partial charge in [0, 0.05) is 17.5 Å². The highest BCUT2D eigenvalue weighted by atomic mass is 35.5. The van der Waals surface area contributed by atoms with Crippen LogP contribution in [-0.4, -0.2) is 24.5 Å².